The Kier molecular flexibility index (Phi) is 6.03. The molecule has 2 N–H and O–H groups in total. The number of anilines is 1. The van der Waals surface area contributed by atoms with Crippen molar-refractivity contribution in [2.24, 2.45) is 0 Å². The van der Waals surface area contributed by atoms with Gasteiger partial charge in [0, 0.05) is 11.7 Å². The third-order valence-corrected chi connectivity index (χ3v) is 3.24. The molecular formula is C15H22N2O3. The van der Waals surface area contributed by atoms with Crippen molar-refractivity contribution in [1.82, 2.24) is 5.32 Å². The van der Waals surface area contributed by atoms with Crippen LogP contribution in [0.15, 0.2) is 30.3 Å². The summed E-state index contributed by atoms with van der Waals surface area (Å²) in [6.45, 7) is 5.42. The van der Waals surface area contributed by atoms with Crippen molar-refractivity contribution >= 4 is 17.6 Å². The van der Waals surface area contributed by atoms with Gasteiger partial charge in [0.15, 0.2) is 0 Å². The molecule has 1 aromatic carbocycles. The molecule has 2 unspecified atom stereocenters. The highest BCUT2D eigenvalue weighted by Gasteiger charge is 2.24. The van der Waals surface area contributed by atoms with Gasteiger partial charge in [-0.3, -0.25) is 9.59 Å². The lowest BCUT2D eigenvalue weighted by atomic mass is 10.2. The zero-order chi connectivity index (χ0) is 15.1. The summed E-state index contributed by atoms with van der Waals surface area (Å²) in [5, 5.41) is 11.9. The van der Waals surface area contributed by atoms with Crippen LogP contribution < -0.4 is 10.2 Å². The van der Waals surface area contributed by atoms with Gasteiger partial charge >= 0.3 is 5.97 Å². The number of nitrogens with one attached hydrogen (secondary N) is 1. The maximum Gasteiger partial charge on any atom is 0.323 e. The highest BCUT2D eigenvalue weighted by molar-refractivity contribution is 5.87. The summed E-state index contributed by atoms with van der Waals surface area (Å²) in [4.78, 5) is 24.8. The molecule has 0 saturated heterocycles. The highest BCUT2D eigenvalue weighted by Crippen LogP contribution is 2.16. The number of carbonyl (C=O) groups excluding carboxylic acids is 1. The topological polar surface area (TPSA) is 69.6 Å². The zero-order valence-electron chi connectivity index (χ0n) is 12.2. The molecule has 0 aromatic heterocycles. The van der Waals surface area contributed by atoms with Crippen molar-refractivity contribution in [3.05, 3.63) is 30.3 Å². The van der Waals surface area contributed by atoms with E-state index in [1.165, 1.54) is 0 Å². The fourth-order valence-electron chi connectivity index (χ4n) is 1.82. The van der Waals surface area contributed by atoms with E-state index in [9.17, 15) is 9.59 Å². The van der Waals surface area contributed by atoms with Gasteiger partial charge in [0.25, 0.3) is 0 Å². The number of carbonyl (C=O) groups is 2. The van der Waals surface area contributed by atoms with E-state index in [4.69, 9.17) is 5.11 Å². The summed E-state index contributed by atoms with van der Waals surface area (Å²) in [5.74, 6) is -1.12. The van der Waals surface area contributed by atoms with Crippen molar-refractivity contribution in [2.45, 2.75) is 39.3 Å². The molecule has 0 fully saturated rings. The average Bonchev–Trinajstić information content (AvgIpc) is 2.44. The van der Waals surface area contributed by atoms with Crippen LogP contribution in [-0.2, 0) is 9.59 Å². The summed E-state index contributed by atoms with van der Waals surface area (Å²) < 4.78 is 0. The fraction of sp³-hybridized carbons (Fsp3) is 0.467. The molecule has 5 heteroatoms. The summed E-state index contributed by atoms with van der Waals surface area (Å²) in [7, 11) is 0. The minimum Gasteiger partial charge on any atom is -0.480 e. The minimum atomic E-state index is -0.961. The second-order valence-corrected chi connectivity index (χ2v) is 4.85. The van der Waals surface area contributed by atoms with E-state index in [1.54, 1.807) is 24.0 Å². The lowest BCUT2D eigenvalue weighted by molar-refractivity contribution is -0.135. The molecule has 0 radical (unpaired) electrons. The zero-order valence-corrected chi connectivity index (χ0v) is 12.2. The summed E-state index contributed by atoms with van der Waals surface area (Å²) in [6, 6.07) is 8.64. The molecule has 0 aliphatic carbocycles. The number of nitrogens with zero attached hydrogens (tertiary/aromatic N) is 1. The molecule has 1 amide bonds. The van der Waals surface area contributed by atoms with Crippen molar-refractivity contribution in [1.29, 1.82) is 0 Å². The monoisotopic (exact) mass is 278 g/mol. The van der Waals surface area contributed by atoms with Gasteiger partial charge in [-0.15, -0.1) is 0 Å². The molecule has 110 valence electrons. The van der Waals surface area contributed by atoms with Crippen LogP contribution in [0.25, 0.3) is 0 Å². The van der Waals surface area contributed by atoms with Gasteiger partial charge in [-0.2, -0.15) is 0 Å². The van der Waals surface area contributed by atoms with Crippen LogP contribution in [0.4, 0.5) is 5.69 Å². The van der Waals surface area contributed by atoms with Gasteiger partial charge in [-0.05, 0) is 32.4 Å². The number of rotatable bonds is 7. The predicted molar refractivity (Wildman–Crippen MR) is 78.8 cm³/mol. The molecule has 0 aliphatic heterocycles. The smallest absolute Gasteiger partial charge is 0.323 e. The molecule has 1 rings (SSSR count). The Morgan fingerprint density at radius 2 is 1.85 bits per heavy atom. The molecule has 20 heavy (non-hydrogen) atoms. The number of aliphatic carboxylic acids is 1. The normalized spacial score (nSPS) is 13.3. The van der Waals surface area contributed by atoms with Crippen LogP contribution in [0.2, 0.25) is 0 Å². The number of hydrogen-bond donors (Lipinski definition) is 2. The lowest BCUT2D eigenvalue weighted by Gasteiger charge is -2.29. The van der Waals surface area contributed by atoms with Crippen LogP contribution in [0.3, 0.4) is 0 Å². The number of para-hydroxylation sites is 1. The van der Waals surface area contributed by atoms with Crippen molar-refractivity contribution in [3.63, 3.8) is 0 Å². The molecule has 0 aliphatic rings. The van der Waals surface area contributed by atoms with Crippen LogP contribution in [-0.4, -0.2) is 35.6 Å². The van der Waals surface area contributed by atoms with Gasteiger partial charge in [0.05, 0.1) is 0 Å². The maximum atomic E-state index is 12.2. The number of benzene rings is 1. The van der Waals surface area contributed by atoms with Crippen molar-refractivity contribution in [2.75, 3.05) is 11.4 Å². The lowest BCUT2D eigenvalue weighted by Crippen LogP contribution is -2.49. The van der Waals surface area contributed by atoms with Gasteiger partial charge < -0.3 is 15.3 Å². The van der Waals surface area contributed by atoms with E-state index in [1.807, 2.05) is 32.0 Å². The number of amides is 1. The molecule has 0 spiro atoms. The highest BCUT2D eigenvalue weighted by atomic mass is 16.4. The molecule has 0 bridgehead atoms. The average molecular weight is 278 g/mol. The Balaban J connectivity index is 2.88. The first kappa shape index (κ1) is 16.0. The van der Waals surface area contributed by atoms with Crippen LogP contribution in [0, 0.1) is 0 Å². The molecule has 5 nitrogen and oxygen atoms in total. The first-order valence-corrected chi connectivity index (χ1v) is 6.79. The fourth-order valence-corrected chi connectivity index (χ4v) is 1.82. The first-order chi connectivity index (χ1) is 9.45. The van der Waals surface area contributed by atoms with Crippen molar-refractivity contribution in [3.8, 4) is 0 Å². The molecular weight excluding hydrogens is 256 g/mol. The third-order valence-electron chi connectivity index (χ3n) is 3.24. The van der Waals surface area contributed by atoms with Gasteiger partial charge in [-0.25, -0.2) is 0 Å². The summed E-state index contributed by atoms with van der Waals surface area (Å²) in [6.07, 6.45) is 0.836. The second-order valence-electron chi connectivity index (χ2n) is 4.85. The minimum absolute atomic E-state index is 0.0763. The van der Waals surface area contributed by atoms with E-state index in [2.05, 4.69) is 5.32 Å². The number of carboxylic acids is 1. The standard InChI is InChI=1S/C15H22N2O3/c1-4-11(2)16-15(20)12(3)17(10-14(18)19)13-8-6-5-7-9-13/h5-9,11-12H,4,10H2,1-3H3,(H,16,20)(H,18,19). The van der Waals surface area contributed by atoms with E-state index >= 15 is 0 Å². The summed E-state index contributed by atoms with van der Waals surface area (Å²) in [5.41, 5.74) is 0.724. The second kappa shape index (κ2) is 7.53. The predicted octanol–water partition coefficient (Wildman–Crippen LogP) is 1.88. The number of carboxylic acid groups (broad SMARTS) is 1. The van der Waals surface area contributed by atoms with Crippen LogP contribution in [0.5, 0.6) is 0 Å². The van der Waals surface area contributed by atoms with E-state index in [-0.39, 0.29) is 18.5 Å². The Bertz CT molecular complexity index is 448. The first-order valence-electron chi connectivity index (χ1n) is 6.79. The maximum absolute atomic E-state index is 12.2. The largest absolute Gasteiger partial charge is 0.480 e. The molecule has 0 heterocycles. The van der Waals surface area contributed by atoms with Gasteiger partial charge in [0.1, 0.15) is 12.6 Å². The molecule has 2 atom stereocenters. The Morgan fingerprint density at radius 3 is 2.35 bits per heavy atom. The Labute approximate surface area is 119 Å². The Hall–Kier alpha value is -2.04. The molecule has 0 saturated carbocycles. The van der Waals surface area contributed by atoms with Crippen molar-refractivity contribution < 1.29 is 14.7 Å². The van der Waals surface area contributed by atoms with Crippen LogP contribution in [0.1, 0.15) is 27.2 Å². The van der Waals surface area contributed by atoms with Gasteiger partial charge in [0.2, 0.25) is 5.91 Å². The molecule has 1 aromatic rings. The Morgan fingerprint density at radius 1 is 1.25 bits per heavy atom. The van der Waals surface area contributed by atoms with Crippen LogP contribution >= 0.6 is 0 Å². The van der Waals surface area contributed by atoms with Gasteiger partial charge in [-0.1, -0.05) is 25.1 Å². The van der Waals surface area contributed by atoms with E-state index in [0.717, 1.165) is 12.1 Å². The SMILES string of the molecule is CCC(C)NC(=O)C(C)N(CC(=O)O)c1ccccc1. The number of hydrogen-bond acceptors (Lipinski definition) is 3. The van der Waals surface area contributed by atoms with E-state index < -0.39 is 12.0 Å². The van der Waals surface area contributed by atoms with E-state index in [0.29, 0.717) is 0 Å². The summed E-state index contributed by atoms with van der Waals surface area (Å²) >= 11 is 0. The quantitative estimate of drug-likeness (QED) is 0.799. The third kappa shape index (κ3) is 4.57.